The molecule has 0 saturated carbocycles. The highest BCUT2D eigenvalue weighted by atomic mass is 35.5. The number of aliphatic hydroxyl groups is 1. The molecule has 1 aromatic rings. The number of hydrogen-bond acceptors (Lipinski definition) is 2. The lowest BCUT2D eigenvalue weighted by molar-refractivity contribution is 0.0867. The van der Waals surface area contributed by atoms with Crippen LogP contribution in [0.1, 0.15) is 31.9 Å². The number of aliphatic hydroxyl groups excluding tert-OH is 1. The molecule has 0 aliphatic heterocycles. The minimum absolute atomic E-state index is 0.0216. The Morgan fingerprint density at radius 3 is 2.69 bits per heavy atom. The molecule has 2 nitrogen and oxygen atoms in total. The van der Waals surface area contributed by atoms with Crippen molar-refractivity contribution in [2.24, 2.45) is 11.7 Å². The van der Waals surface area contributed by atoms with Crippen LogP contribution in [0.4, 0.5) is 4.39 Å². The first-order valence-electron chi connectivity index (χ1n) is 5.36. The van der Waals surface area contributed by atoms with Crippen LogP contribution in [-0.4, -0.2) is 11.2 Å². The first-order valence-corrected chi connectivity index (χ1v) is 5.73. The standard InChI is InChI=1S/C12H17ClFNO/c1-3-7(2)12(16)11(15)9-6-8(13)4-5-10(9)14/h4-7,11-12,16H,3,15H2,1-2H3/t7?,11-,12+/m1/s1. The summed E-state index contributed by atoms with van der Waals surface area (Å²) < 4.78 is 13.5. The second kappa shape index (κ2) is 5.62. The third kappa shape index (κ3) is 2.94. The van der Waals surface area contributed by atoms with Gasteiger partial charge in [-0.2, -0.15) is 0 Å². The zero-order chi connectivity index (χ0) is 12.3. The molecule has 3 N–H and O–H groups in total. The molecule has 1 rings (SSSR count). The smallest absolute Gasteiger partial charge is 0.128 e. The van der Waals surface area contributed by atoms with E-state index in [2.05, 4.69) is 0 Å². The Bertz CT molecular complexity index is 359. The van der Waals surface area contributed by atoms with Crippen LogP contribution in [0.3, 0.4) is 0 Å². The van der Waals surface area contributed by atoms with Gasteiger partial charge in [0.25, 0.3) is 0 Å². The summed E-state index contributed by atoms with van der Waals surface area (Å²) in [5.41, 5.74) is 6.10. The van der Waals surface area contributed by atoms with Crippen molar-refractivity contribution in [1.29, 1.82) is 0 Å². The number of benzene rings is 1. The molecule has 0 aromatic heterocycles. The van der Waals surface area contributed by atoms with Gasteiger partial charge in [-0.05, 0) is 24.1 Å². The maximum Gasteiger partial charge on any atom is 0.128 e. The summed E-state index contributed by atoms with van der Waals surface area (Å²) in [7, 11) is 0. The minimum Gasteiger partial charge on any atom is -0.391 e. The molecule has 3 atom stereocenters. The van der Waals surface area contributed by atoms with E-state index < -0.39 is 18.0 Å². The molecule has 0 spiro atoms. The first kappa shape index (κ1) is 13.4. The molecule has 0 fully saturated rings. The number of nitrogens with two attached hydrogens (primary N) is 1. The zero-order valence-corrected chi connectivity index (χ0v) is 10.2. The fourth-order valence-corrected chi connectivity index (χ4v) is 1.73. The molecule has 0 heterocycles. The van der Waals surface area contributed by atoms with Gasteiger partial charge in [0.15, 0.2) is 0 Å². The van der Waals surface area contributed by atoms with Crippen molar-refractivity contribution in [2.45, 2.75) is 32.4 Å². The molecule has 0 aliphatic rings. The van der Waals surface area contributed by atoms with Crippen molar-refractivity contribution in [3.05, 3.63) is 34.6 Å². The molecule has 0 radical (unpaired) electrons. The van der Waals surface area contributed by atoms with Gasteiger partial charge >= 0.3 is 0 Å². The molecule has 0 bridgehead atoms. The third-order valence-corrected chi connectivity index (χ3v) is 3.15. The van der Waals surface area contributed by atoms with Crippen molar-refractivity contribution >= 4 is 11.6 Å². The number of halogens is 2. The van der Waals surface area contributed by atoms with Gasteiger partial charge in [0.2, 0.25) is 0 Å². The van der Waals surface area contributed by atoms with Crippen molar-refractivity contribution < 1.29 is 9.50 Å². The summed E-state index contributed by atoms with van der Waals surface area (Å²) in [6.45, 7) is 3.84. The minimum atomic E-state index is -0.766. The van der Waals surface area contributed by atoms with Gasteiger partial charge in [0.1, 0.15) is 5.82 Å². The monoisotopic (exact) mass is 245 g/mol. The normalized spacial score (nSPS) is 16.9. The predicted octanol–water partition coefficient (Wildman–Crippen LogP) is 2.89. The van der Waals surface area contributed by atoms with Crippen LogP contribution >= 0.6 is 11.6 Å². The fourth-order valence-electron chi connectivity index (χ4n) is 1.55. The molecule has 1 unspecified atom stereocenters. The van der Waals surface area contributed by atoms with Gasteiger partial charge in [0, 0.05) is 10.6 Å². The van der Waals surface area contributed by atoms with E-state index in [0.29, 0.717) is 5.02 Å². The fraction of sp³-hybridized carbons (Fsp3) is 0.500. The topological polar surface area (TPSA) is 46.2 Å². The molecule has 90 valence electrons. The highest BCUT2D eigenvalue weighted by Gasteiger charge is 2.24. The molecule has 0 amide bonds. The van der Waals surface area contributed by atoms with Gasteiger partial charge in [0.05, 0.1) is 12.1 Å². The SMILES string of the molecule is CCC(C)[C@H](O)[C@H](N)c1cc(Cl)ccc1F. The Kier molecular flexibility index (Phi) is 4.71. The Morgan fingerprint density at radius 1 is 1.50 bits per heavy atom. The molecular weight excluding hydrogens is 229 g/mol. The van der Waals surface area contributed by atoms with Crippen LogP contribution < -0.4 is 5.73 Å². The Hall–Kier alpha value is -0.640. The van der Waals surface area contributed by atoms with E-state index in [1.54, 1.807) is 0 Å². The van der Waals surface area contributed by atoms with E-state index in [1.807, 2.05) is 13.8 Å². The summed E-state index contributed by atoms with van der Waals surface area (Å²) >= 11 is 5.78. The van der Waals surface area contributed by atoms with Crippen LogP contribution in [-0.2, 0) is 0 Å². The maximum atomic E-state index is 13.5. The van der Waals surface area contributed by atoms with Crippen LogP contribution in [0.15, 0.2) is 18.2 Å². The maximum absolute atomic E-state index is 13.5. The van der Waals surface area contributed by atoms with Crippen molar-refractivity contribution in [3.63, 3.8) is 0 Å². The van der Waals surface area contributed by atoms with Gasteiger partial charge < -0.3 is 10.8 Å². The number of hydrogen-bond donors (Lipinski definition) is 2. The van der Waals surface area contributed by atoms with E-state index in [-0.39, 0.29) is 11.5 Å². The van der Waals surface area contributed by atoms with E-state index >= 15 is 0 Å². The largest absolute Gasteiger partial charge is 0.391 e. The predicted molar refractivity (Wildman–Crippen MR) is 63.8 cm³/mol. The third-order valence-electron chi connectivity index (χ3n) is 2.91. The summed E-state index contributed by atoms with van der Waals surface area (Å²) in [6.07, 6.45) is 0.0230. The van der Waals surface area contributed by atoms with Crippen molar-refractivity contribution in [2.75, 3.05) is 0 Å². The van der Waals surface area contributed by atoms with Crippen LogP contribution in [0.2, 0.25) is 5.02 Å². The van der Waals surface area contributed by atoms with Crippen LogP contribution in [0, 0.1) is 11.7 Å². The second-order valence-corrected chi connectivity index (χ2v) is 4.50. The molecule has 0 saturated heterocycles. The Morgan fingerprint density at radius 2 is 2.12 bits per heavy atom. The first-order chi connectivity index (χ1) is 7.47. The second-order valence-electron chi connectivity index (χ2n) is 4.07. The quantitative estimate of drug-likeness (QED) is 0.857. The van der Waals surface area contributed by atoms with E-state index in [9.17, 15) is 9.50 Å². The average molecular weight is 246 g/mol. The molecule has 16 heavy (non-hydrogen) atoms. The zero-order valence-electron chi connectivity index (χ0n) is 9.45. The summed E-state index contributed by atoms with van der Waals surface area (Å²) in [6, 6.07) is 3.45. The lowest BCUT2D eigenvalue weighted by Gasteiger charge is -2.24. The molecule has 1 aromatic carbocycles. The lowest BCUT2D eigenvalue weighted by atomic mass is 9.91. The summed E-state index contributed by atoms with van der Waals surface area (Å²) in [4.78, 5) is 0. The van der Waals surface area contributed by atoms with Gasteiger partial charge in [-0.3, -0.25) is 0 Å². The van der Waals surface area contributed by atoms with E-state index in [0.717, 1.165) is 6.42 Å². The van der Waals surface area contributed by atoms with Gasteiger partial charge in [-0.1, -0.05) is 31.9 Å². The van der Waals surface area contributed by atoms with Crippen LogP contribution in [0.25, 0.3) is 0 Å². The lowest BCUT2D eigenvalue weighted by Crippen LogP contribution is -2.32. The van der Waals surface area contributed by atoms with Crippen molar-refractivity contribution in [3.8, 4) is 0 Å². The summed E-state index contributed by atoms with van der Waals surface area (Å²) in [5.74, 6) is -0.410. The van der Waals surface area contributed by atoms with Crippen LogP contribution in [0.5, 0.6) is 0 Å². The van der Waals surface area contributed by atoms with E-state index in [4.69, 9.17) is 17.3 Å². The van der Waals surface area contributed by atoms with E-state index in [1.165, 1.54) is 18.2 Å². The Balaban J connectivity index is 2.95. The Labute approximate surface area is 100 Å². The molecule has 0 aliphatic carbocycles. The average Bonchev–Trinajstić information content (AvgIpc) is 2.29. The van der Waals surface area contributed by atoms with Gasteiger partial charge in [-0.15, -0.1) is 0 Å². The highest BCUT2D eigenvalue weighted by molar-refractivity contribution is 6.30. The highest BCUT2D eigenvalue weighted by Crippen LogP contribution is 2.26. The summed E-state index contributed by atoms with van der Waals surface area (Å²) in [5, 5.41) is 10.3. The molecule has 4 heteroatoms. The van der Waals surface area contributed by atoms with Gasteiger partial charge in [-0.25, -0.2) is 4.39 Å². The molecular formula is C12H17ClFNO. The van der Waals surface area contributed by atoms with Crippen molar-refractivity contribution in [1.82, 2.24) is 0 Å². The number of rotatable bonds is 4.